The van der Waals surface area contributed by atoms with E-state index in [0.717, 1.165) is 25.0 Å². The minimum atomic E-state index is 0.579. The summed E-state index contributed by atoms with van der Waals surface area (Å²) in [6.07, 6.45) is 2.83. The molecule has 1 aliphatic carbocycles. The van der Waals surface area contributed by atoms with Crippen LogP contribution >= 0.6 is 0 Å². The largest absolute Gasteiger partial charge is 0.380 e. The highest BCUT2D eigenvalue weighted by atomic mass is 16.5. The molecule has 1 heterocycles. The van der Waals surface area contributed by atoms with Crippen molar-refractivity contribution < 1.29 is 4.74 Å². The monoisotopic (exact) mass is 182 g/mol. The molecule has 1 nitrogen and oxygen atoms in total. The number of rotatable bonds is 2. The van der Waals surface area contributed by atoms with Gasteiger partial charge in [-0.3, -0.25) is 0 Å². The van der Waals surface area contributed by atoms with Crippen LogP contribution in [0.2, 0.25) is 0 Å². The third-order valence-electron chi connectivity index (χ3n) is 4.82. The summed E-state index contributed by atoms with van der Waals surface area (Å²) in [5.41, 5.74) is 1.17. The maximum absolute atomic E-state index is 5.44. The lowest BCUT2D eigenvalue weighted by molar-refractivity contribution is -0.277. The maximum atomic E-state index is 5.44. The predicted molar refractivity (Wildman–Crippen MR) is 54.6 cm³/mol. The fourth-order valence-electron chi connectivity index (χ4n) is 4.00. The van der Waals surface area contributed by atoms with Crippen LogP contribution in [0.25, 0.3) is 0 Å². The van der Waals surface area contributed by atoms with E-state index in [0.29, 0.717) is 10.8 Å². The minimum Gasteiger partial charge on any atom is -0.380 e. The predicted octanol–water partition coefficient (Wildman–Crippen LogP) is 3.10. The lowest BCUT2D eigenvalue weighted by Crippen LogP contribution is -2.66. The molecule has 2 rings (SSSR count). The highest BCUT2D eigenvalue weighted by Gasteiger charge is 2.64. The molecule has 0 aromatic rings. The van der Waals surface area contributed by atoms with Gasteiger partial charge >= 0.3 is 0 Å². The van der Waals surface area contributed by atoms with Crippen molar-refractivity contribution in [2.45, 2.75) is 40.5 Å². The van der Waals surface area contributed by atoms with Gasteiger partial charge in [-0.1, -0.05) is 27.7 Å². The van der Waals surface area contributed by atoms with Gasteiger partial charge in [0, 0.05) is 5.41 Å². The first-order valence-corrected chi connectivity index (χ1v) is 5.63. The molecule has 1 aliphatic heterocycles. The Labute approximate surface area is 81.9 Å². The molecule has 0 aromatic carbocycles. The lowest BCUT2D eigenvalue weighted by atomic mass is 9.41. The molecule has 2 fully saturated rings. The topological polar surface area (TPSA) is 9.23 Å². The van der Waals surface area contributed by atoms with Gasteiger partial charge in [0.05, 0.1) is 13.2 Å². The number of hydrogen-bond donors (Lipinski definition) is 0. The molecule has 76 valence electrons. The van der Waals surface area contributed by atoms with Crippen molar-refractivity contribution in [3.05, 3.63) is 0 Å². The molecule has 1 saturated heterocycles. The molecule has 0 N–H and O–H groups in total. The Morgan fingerprint density at radius 3 is 1.54 bits per heavy atom. The first kappa shape index (κ1) is 9.51. The summed E-state index contributed by atoms with van der Waals surface area (Å²) in [5.74, 6) is 1.62. The van der Waals surface area contributed by atoms with Gasteiger partial charge in [-0.05, 0) is 30.1 Å². The number of hydrogen-bond acceptors (Lipinski definition) is 1. The SMILES string of the molecule is CC(C)C1(C(C)C)CCC12COC2. The summed E-state index contributed by atoms with van der Waals surface area (Å²) in [4.78, 5) is 0. The van der Waals surface area contributed by atoms with Gasteiger partial charge in [0.15, 0.2) is 0 Å². The van der Waals surface area contributed by atoms with Crippen LogP contribution in [-0.4, -0.2) is 13.2 Å². The van der Waals surface area contributed by atoms with Crippen LogP contribution < -0.4 is 0 Å². The van der Waals surface area contributed by atoms with E-state index in [1.165, 1.54) is 12.8 Å². The van der Waals surface area contributed by atoms with Crippen LogP contribution in [0.1, 0.15) is 40.5 Å². The average molecular weight is 182 g/mol. The Bertz CT molecular complexity index is 188. The van der Waals surface area contributed by atoms with Crippen molar-refractivity contribution in [2.24, 2.45) is 22.7 Å². The lowest BCUT2D eigenvalue weighted by Gasteiger charge is -2.68. The summed E-state index contributed by atoms with van der Waals surface area (Å²) in [6, 6.07) is 0. The molecule has 0 unspecified atom stereocenters. The average Bonchev–Trinajstić information content (AvgIpc) is 1.78. The smallest absolute Gasteiger partial charge is 0.0550 e. The van der Waals surface area contributed by atoms with E-state index in [4.69, 9.17) is 4.74 Å². The molecule has 1 spiro atoms. The molecule has 2 aliphatic rings. The van der Waals surface area contributed by atoms with Crippen molar-refractivity contribution in [2.75, 3.05) is 13.2 Å². The molecule has 0 bridgehead atoms. The third-order valence-corrected chi connectivity index (χ3v) is 4.82. The van der Waals surface area contributed by atoms with Crippen LogP contribution in [-0.2, 0) is 4.74 Å². The van der Waals surface area contributed by atoms with Crippen LogP contribution in [0.4, 0.5) is 0 Å². The molecule has 0 aromatic heterocycles. The zero-order chi connectivity index (χ0) is 9.69. The molecular formula is C12H22O. The van der Waals surface area contributed by atoms with Gasteiger partial charge in [0.1, 0.15) is 0 Å². The fourth-order valence-corrected chi connectivity index (χ4v) is 4.00. The maximum Gasteiger partial charge on any atom is 0.0550 e. The second-order valence-electron chi connectivity index (χ2n) is 5.62. The van der Waals surface area contributed by atoms with Crippen LogP contribution in [0, 0.1) is 22.7 Å². The zero-order valence-corrected chi connectivity index (χ0v) is 9.39. The number of ether oxygens (including phenoxy) is 1. The normalized spacial score (nSPS) is 29.1. The van der Waals surface area contributed by atoms with Crippen molar-refractivity contribution in [1.29, 1.82) is 0 Å². The van der Waals surface area contributed by atoms with E-state index in [1.807, 2.05) is 0 Å². The van der Waals surface area contributed by atoms with E-state index in [9.17, 15) is 0 Å². The molecule has 13 heavy (non-hydrogen) atoms. The zero-order valence-electron chi connectivity index (χ0n) is 9.39. The van der Waals surface area contributed by atoms with Crippen LogP contribution in [0.5, 0.6) is 0 Å². The standard InChI is InChI=1S/C12H22O/c1-9(2)12(10(3)4)6-5-11(12)7-13-8-11/h9-10H,5-8H2,1-4H3. The summed E-state index contributed by atoms with van der Waals surface area (Å²) in [5, 5.41) is 0. The Kier molecular flexibility index (Phi) is 1.99. The second-order valence-corrected chi connectivity index (χ2v) is 5.62. The van der Waals surface area contributed by atoms with Gasteiger partial charge in [-0.15, -0.1) is 0 Å². The van der Waals surface area contributed by atoms with Gasteiger partial charge in [0.25, 0.3) is 0 Å². The second kappa shape index (κ2) is 2.73. The Morgan fingerprint density at radius 2 is 1.46 bits per heavy atom. The van der Waals surface area contributed by atoms with Crippen molar-refractivity contribution in [3.8, 4) is 0 Å². The van der Waals surface area contributed by atoms with Crippen molar-refractivity contribution >= 4 is 0 Å². The minimum absolute atomic E-state index is 0.579. The summed E-state index contributed by atoms with van der Waals surface area (Å²) >= 11 is 0. The van der Waals surface area contributed by atoms with E-state index in [1.54, 1.807) is 0 Å². The van der Waals surface area contributed by atoms with E-state index < -0.39 is 0 Å². The van der Waals surface area contributed by atoms with Gasteiger partial charge in [0.2, 0.25) is 0 Å². The van der Waals surface area contributed by atoms with Gasteiger partial charge in [-0.2, -0.15) is 0 Å². The summed E-state index contributed by atoms with van der Waals surface area (Å²) < 4.78 is 5.44. The molecule has 0 radical (unpaired) electrons. The van der Waals surface area contributed by atoms with Crippen molar-refractivity contribution in [3.63, 3.8) is 0 Å². The van der Waals surface area contributed by atoms with E-state index >= 15 is 0 Å². The van der Waals surface area contributed by atoms with Crippen LogP contribution in [0.3, 0.4) is 0 Å². The highest BCUT2D eigenvalue weighted by Crippen LogP contribution is 2.67. The molecule has 0 atom stereocenters. The highest BCUT2D eigenvalue weighted by molar-refractivity contribution is 5.12. The summed E-state index contributed by atoms with van der Waals surface area (Å²) in [6.45, 7) is 11.6. The molecule has 1 saturated carbocycles. The molecule has 1 heteroatoms. The Hall–Kier alpha value is -0.0400. The Balaban J connectivity index is 2.24. The molecular weight excluding hydrogens is 160 g/mol. The quantitative estimate of drug-likeness (QED) is 0.637. The fraction of sp³-hybridized carbons (Fsp3) is 1.00. The van der Waals surface area contributed by atoms with E-state index in [-0.39, 0.29) is 0 Å². The molecule has 0 amide bonds. The van der Waals surface area contributed by atoms with Gasteiger partial charge < -0.3 is 4.74 Å². The Morgan fingerprint density at radius 1 is 0.923 bits per heavy atom. The van der Waals surface area contributed by atoms with Crippen LogP contribution in [0.15, 0.2) is 0 Å². The van der Waals surface area contributed by atoms with Gasteiger partial charge in [-0.25, -0.2) is 0 Å². The van der Waals surface area contributed by atoms with Crippen molar-refractivity contribution in [1.82, 2.24) is 0 Å². The summed E-state index contributed by atoms with van der Waals surface area (Å²) in [7, 11) is 0. The first-order valence-electron chi connectivity index (χ1n) is 5.63. The van der Waals surface area contributed by atoms with E-state index in [2.05, 4.69) is 27.7 Å². The third kappa shape index (κ3) is 0.918. The first-order chi connectivity index (χ1) is 6.05.